The molecule has 2 aromatic heterocycles. The highest BCUT2D eigenvalue weighted by Crippen LogP contribution is 2.45. The molecule has 0 amide bonds. The fraction of sp³-hybridized carbons (Fsp3) is 0. The summed E-state index contributed by atoms with van der Waals surface area (Å²) >= 11 is 0. The summed E-state index contributed by atoms with van der Waals surface area (Å²) in [7, 11) is 0. The first-order chi connectivity index (χ1) is 26.3. The summed E-state index contributed by atoms with van der Waals surface area (Å²) < 4.78 is 12.0. The minimum atomic E-state index is -0.0595. The van der Waals surface area contributed by atoms with E-state index in [1.807, 2.05) is 0 Å². The third-order valence-electron chi connectivity index (χ3n) is 11.3. The van der Waals surface area contributed by atoms with Crippen LogP contribution in [0, 0.1) is 0 Å². The molecule has 0 bridgehead atoms. The van der Waals surface area contributed by atoms with E-state index >= 15 is 0 Å². The highest BCUT2D eigenvalue weighted by Gasteiger charge is 2.43. The molecule has 0 aliphatic carbocycles. The number of nitrogens with zero attached hydrogens (tertiary/aromatic N) is 3. The van der Waals surface area contributed by atoms with E-state index in [1.54, 1.807) is 0 Å². The Morgan fingerprint density at radius 3 is 1.64 bits per heavy atom. The molecule has 0 atom stereocenters. The molecule has 2 aliphatic rings. The number of benzene rings is 8. The molecule has 0 saturated carbocycles. The highest BCUT2D eigenvalue weighted by atomic mass is 16.5. The van der Waals surface area contributed by atoms with Crippen LogP contribution in [0.5, 0.6) is 11.5 Å². The first-order valence-electron chi connectivity index (χ1n) is 18.2. The summed E-state index contributed by atoms with van der Waals surface area (Å²) in [6.45, 7) is -0.0595. The molecule has 5 heteroatoms. The Labute approximate surface area is 306 Å². The summed E-state index contributed by atoms with van der Waals surface area (Å²) in [5.41, 5.74) is 14.1. The second-order valence-electron chi connectivity index (χ2n) is 14.1. The fourth-order valence-corrected chi connectivity index (χ4v) is 9.25. The lowest BCUT2D eigenvalue weighted by Gasteiger charge is -2.35. The van der Waals surface area contributed by atoms with Gasteiger partial charge in [0.15, 0.2) is 0 Å². The first-order valence-corrected chi connectivity index (χ1v) is 18.2. The van der Waals surface area contributed by atoms with Crippen LogP contribution >= 0.6 is 0 Å². The maximum Gasteiger partial charge on any atom is 0.259 e. The quantitative estimate of drug-likeness (QED) is 0.173. The summed E-state index contributed by atoms with van der Waals surface area (Å²) in [4.78, 5) is 2.34. The lowest BCUT2D eigenvalue weighted by Crippen LogP contribution is -2.58. The largest absolute Gasteiger partial charge is 0.458 e. The third-order valence-corrected chi connectivity index (χ3v) is 11.3. The van der Waals surface area contributed by atoms with Gasteiger partial charge in [-0.15, -0.1) is 0 Å². The van der Waals surface area contributed by atoms with Gasteiger partial charge in [-0.25, -0.2) is 0 Å². The topological polar surface area (TPSA) is 22.3 Å². The van der Waals surface area contributed by atoms with Crippen LogP contribution in [0.2, 0.25) is 0 Å². The highest BCUT2D eigenvalue weighted by molar-refractivity contribution is 7.00. The number of fused-ring (bicyclic) bond motifs is 11. The third kappa shape index (κ3) is 3.91. The van der Waals surface area contributed by atoms with Gasteiger partial charge in [-0.1, -0.05) is 109 Å². The zero-order valence-corrected chi connectivity index (χ0v) is 28.6. The van der Waals surface area contributed by atoms with Crippen LogP contribution in [0.25, 0.3) is 55.0 Å². The number of rotatable bonds is 4. The second-order valence-corrected chi connectivity index (χ2v) is 14.1. The van der Waals surface area contributed by atoms with E-state index < -0.39 is 0 Å². The zero-order valence-electron chi connectivity index (χ0n) is 28.6. The van der Waals surface area contributed by atoms with Crippen molar-refractivity contribution in [3.8, 4) is 22.9 Å². The average molecular weight is 676 g/mol. The molecule has 8 aromatic carbocycles. The Morgan fingerprint density at radius 2 is 0.962 bits per heavy atom. The van der Waals surface area contributed by atoms with E-state index in [4.69, 9.17) is 4.74 Å². The smallest absolute Gasteiger partial charge is 0.259 e. The summed E-state index contributed by atoms with van der Waals surface area (Å²) in [6, 6.07) is 65.6. The van der Waals surface area contributed by atoms with Gasteiger partial charge in [0, 0.05) is 50.4 Å². The van der Waals surface area contributed by atoms with Crippen molar-refractivity contribution in [1.82, 2.24) is 9.13 Å². The van der Waals surface area contributed by atoms with Crippen LogP contribution < -0.4 is 26.0 Å². The number of para-hydroxylation sites is 6. The lowest BCUT2D eigenvalue weighted by atomic mass is 9.34. The molecule has 2 aliphatic heterocycles. The van der Waals surface area contributed by atoms with Crippen molar-refractivity contribution < 1.29 is 4.74 Å². The zero-order chi connectivity index (χ0) is 34.6. The van der Waals surface area contributed by atoms with Gasteiger partial charge in [0.05, 0.1) is 27.8 Å². The number of ether oxygens (including phenoxy) is 1. The Kier molecular flexibility index (Phi) is 5.83. The van der Waals surface area contributed by atoms with Crippen LogP contribution in [0.1, 0.15) is 0 Å². The maximum absolute atomic E-state index is 7.03. The number of anilines is 3. The normalized spacial score (nSPS) is 12.6. The van der Waals surface area contributed by atoms with Gasteiger partial charge in [0.25, 0.3) is 6.71 Å². The molecular weight excluding hydrogens is 645 g/mol. The van der Waals surface area contributed by atoms with Crippen molar-refractivity contribution in [2.45, 2.75) is 0 Å². The van der Waals surface area contributed by atoms with Crippen molar-refractivity contribution in [3.63, 3.8) is 0 Å². The SMILES string of the molecule is c1ccc(N(c2ccccc2)c2cc3c4c(c2)-n2c5ccccc5c5cc6c7ccccc7n(-c7ccccc7)c6c(c52)B4c2ccccc2O3)cc1. The molecule has 4 heterocycles. The van der Waals surface area contributed by atoms with Gasteiger partial charge < -0.3 is 18.8 Å². The molecule has 4 nitrogen and oxygen atoms in total. The van der Waals surface area contributed by atoms with Crippen molar-refractivity contribution in [2.75, 3.05) is 4.90 Å². The molecule has 0 spiro atoms. The van der Waals surface area contributed by atoms with Gasteiger partial charge in [-0.05, 0) is 83.1 Å². The van der Waals surface area contributed by atoms with Crippen molar-refractivity contribution in [2.24, 2.45) is 0 Å². The molecule has 53 heavy (non-hydrogen) atoms. The van der Waals surface area contributed by atoms with Gasteiger partial charge in [0.1, 0.15) is 11.5 Å². The van der Waals surface area contributed by atoms with Gasteiger partial charge in [-0.3, -0.25) is 0 Å². The van der Waals surface area contributed by atoms with E-state index in [1.165, 1.54) is 60.0 Å². The molecule has 0 N–H and O–H groups in total. The summed E-state index contributed by atoms with van der Waals surface area (Å²) in [6.07, 6.45) is 0. The first kappa shape index (κ1) is 28.7. The van der Waals surface area contributed by atoms with Crippen LogP contribution in [-0.2, 0) is 0 Å². The number of hydrogen-bond acceptors (Lipinski definition) is 2. The molecule has 0 radical (unpaired) electrons. The Hall–Kier alpha value is -6.98. The molecular formula is C48H30BN3O. The van der Waals surface area contributed by atoms with Gasteiger partial charge in [0.2, 0.25) is 0 Å². The fourth-order valence-electron chi connectivity index (χ4n) is 9.25. The number of aromatic nitrogens is 2. The van der Waals surface area contributed by atoms with E-state index in [2.05, 4.69) is 196 Å². The van der Waals surface area contributed by atoms with Crippen LogP contribution in [0.3, 0.4) is 0 Å². The van der Waals surface area contributed by atoms with Crippen LogP contribution in [-0.4, -0.2) is 15.8 Å². The molecule has 246 valence electrons. The second kappa shape index (κ2) is 10.8. The van der Waals surface area contributed by atoms with E-state index in [9.17, 15) is 0 Å². The summed E-state index contributed by atoms with van der Waals surface area (Å²) in [5.74, 6) is 1.78. The molecule has 12 rings (SSSR count). The van der Waals surface area contributed by atoms with E-state index in [-0.39, 0.29) is 6.71 Å². The Morgan fingerprint density at radius 1 is 0.415 bits per heavy atom. The molecule has 0 saturated heterocycles. The molecule has 10 aromatic rings. The molecule has 0 unspecified atom stereocenters. The van der Waals surface area contributed by atoms with Crippen LogP contribution in [0.15, 0.2) is 182 Å². The van der Waals surface area contributed by atoms with Crippen molar-refractivity contribution >= 4 is 83.8 Å². The average Bonchev–Trinajstić information content (AvgIpc) is 3.74. The van der Waals surface area contributed by atoms with Gasteiger partial charge in [-0.2, -0.15) is 0 Å². The predicted molar refractivity (Wildman–Crippen MR) is 221 cm³/mol. The standard InChI is InChI=1S/C48H30BN3O/c1-4-16-31(17-5-1)50(32-18-6-2-7-19-32)34-28-42-45-44(29-34)53-43-27-15-12-24-39(43)49(45)46-47-37(30-38-36-23-11-14-26-41(36)52(42)48(38)46)35-22-10-13-25-40(35)51(47)33-20-8-3-9-21-33/h1-30H. The maximum atomic E-state index is 7.03. The monoisotopic (exact) mass is 675 g/mol. The Balaban J connectivity index is 1.29. The number of hydrogen-bond donors (Lipinski definition) is 0. The van der Waals surface area contributed by atoms with E-state index in [0.717, 1.165) is 39.9 Å². The predicted octanol–water partition coefficient (Wildman–Crippen LogP) is 10.3. The lowest BCUT2D eigenvalue weighted by molar-refractivity contribution is 0.487. The van der Waals surface area contributed by atoms with Gasteiger partial charge >= 0.3 is 0 Å². The minimum Gasteiger partial charge on any atom is -0.458 e. The minimum absolute atomic E-state index is 0.0595. The summed E-state index contributed by atoms with van der Waals surface area (Å²) in [5, 5.41) is 5.03. The van der Waals surface area contributed by atoms with E-state index in [0.29, 0.717) is 0 Å². The van der Waals surface area contributed by atoms with Crippen molar-refractivity contribution in [1.29, 1.82) is 0 Å². The van der Waals surface area contributed by atoms with Crippen molar-refractivity contribution in [3.05, 3.63) is 182 Å². The Bertz CT molecular complexity index is 3050. The molecule has 0 fully saturated rings. The van der Waals surface area contributed by atoms with Crippen LogP contribution in [0.4, 0.5) is 17.1 Å².